The predicted octanol–water partition coefficient (Wildman–Crippen LogP) is 1.83. The van der Waals surface area contributed by atoms with Crippen LogP contribution in [0.2, 0.25) is 0 Å². The summed E-state index contributed by atoms with van der Waals surface area (Å²) in [6.07, 6.45) is 3.39. The maximum Gasteiger partial charge on any atom is 0.290 e. The molecule has 10 heteroatoms. The van der Waals surface area contributed by atoms with E-state index in [1.807, 2.05) is 6.07 Å². The summed E-state index contributed by atoms with van der Waals surface area (Å²) < 4.78 is 1.74. The topological polar surface area (TPSA) is 103 Å². The van der Waals surface area contributed by atoms with Gasteiger partial charge in [0.2, 0.25) is 0 Å². The summed E-state index contributed by atoms with van der Waals surface area (Å²) in [6.45, 7) is 4.68. The zero-order valence-electron chi connectivity index (χ0n) is 17.3. The van der Waals surface area contributed by atoms with E-state index in [9.17, 15) is 9.59 Å². The number of amides is 2. The van der Waals surface area contributed by atoms with Crippen LogP contribution in [0.3, 0.4) is 0 Å². The Morgan fingerprint density at radius 3 is 2.53 bits per heavy atom. The highest BCUT2D eigenvalue weighted by Gasteiger charge is 2.25. The van der Waals surface area contributed by atoms with Gasteiger partial charge < -0.3 is 10.0 Å². The van der Waals surface area contributed by atoms with Gasteiger partial charge in [-0.25, -0.2) is 9.50 Å². The molecule has 5 rings (SSSR count). The summed E-state index contributed by atoms with van der Waals surface area (Å²) in [4.78, 5) is 32.6. The standard InChI is InChI=1S/C22H22N6O3S/c29-12-11-26-7-9-27(10-8-26)17-4-1-15(2-5-17)18-14-23-20-6-3-16(25-28(18)20)13-19-21(30)24-22(31)32-19/h1-6,13-14,29H,7-12H2,(H,24,30,31)/b19-13-. The number of benzene rings is 1. The van der Waals surface area contributed by atoms with Crippen LogP contribution in [0.5, 0.6) is 0 Å². The Morgan fingerprint density at radius 1 is 1.06 bits per heavy atom. The first-order valence-corrected chi connectivity index (χ1v) is 11.2. The number of nitrogens with zero attached hydrogens (tertiary/aromatic N) is 5. The van der Waals surface area contributed by atoms with Crippen molar-refractivity contribution in [1.29, 1.82) is 0 Å². The van der Waals surface area contributed by atoms with Crippen molar-refractivity contribution in [3.05, 3.63) is 53.2 Å². The van der Waals surface area contributed by atoms with E-state index in [-0.39, 0.29) is 11.8 Å². The molecule has 2 amide bonds. The van der Waals surface area contributed by atoms with Crippen molar-refractivity contribution < 1.29 is 14.7 Å². The molecular formula is C22H22N6O3S. The van der Waals surface area contributed by atoms with Crippen LogP contribution in [0.25, 0.3) is 23.0 Å². The molecule has 9 nitrogen and oxygen atoms in total. The fourth-order valence-corrected chi connectivity index (χ4v) is 4.60. The van der Waals surface area contributed by atoms with Crippen molar-refractivity contribution >= 4 is 40.3 Å². The smallest absolute Gasteiger partial charge is 0.290 e. The van der Waals surface area contributed by atoms with Gasteiger partial charge in [-0.3, -0.25) is 19.8 Å². The Kier molecular flexibility index (Phi) is 5.64. The number of β-amino-alcohol motifs (C(OH)–C–C–N with tert-alkyl or cyclic N) is 1. The minimum Gasteiger partial charge on any atom is -0.395 e. The number of aliphatic hydroxyl groups excluding tert-OH is 1. The van der Waals surface area contributed by atoms with Crippen LogP contribution < -0.4 is 10.2 Å². The summed E-state index contributed by atoms with van der Waals surface area (Å²) >= 11 is 0.871. The number of imidazole rings is 1. The van der Waals surface area contributed by atoms with Crippen molar-refractivity contribution in [2.24, 2.45) is 0 Å². The van der Waals surface area contributed by atoms with Gasteiger partial charge in [0.05, 0.1) is 29.1 Å². The van der Waals surface area contributed by atoms with E-state index in [2.05, 4.69) is 49.5 Å². The Bertz CT molecular complexity index is 1200. The number of anilines is 1. The number of rotatable bonds is 5. The second kappa shape index (κ2) is 8.73. The molecule has 0 bridgehead atoms. The van der Waals surface area contributed by atoms with Crippen molar-refractivity contribution in [1.82, 2.24) is 24.8 Å². The van der Waals surface area contributed by atoms with Crippen LogP contribution in [0.4, 0.5) is 10.5 Å². The summed E-state index contributed by atoms with van der Waals surface area (Å²) in [6, 6.07) is 11.9. The molecule has 0 aliphatic carbocycles. The molecule has 0 spiro atoms. The minimum atomic E-state index is -0.402. The second-order valence-corrected chi connectivity index (χ2v) is 8.64. The zero-order chi connectivity index (χ0) is 22.1. The molecule has 2 aromatic heterocycles. The van der Waals surface area contributed by atoms with Crippen LogP contribution in [0, 0.1) is 0 Å². The van der Waals surface area contributed by atoms with E-state index in [1.54, 1.807) is 22.9 Å². The number of fused-ring (bicyclic) bond motifs is 1. The van der Waals surface area contributed by atoms with E-state index in [1.165, 1.54) is 5.69 Å². The average Bonchev–Trinajstić information content (AvgIpc) is 3.36. The molecule has 3 aromatic rings. The number of imide groups is 1. The van der Waals surface area contributed by atoms with Gasteiger partial charge in [0.25, 0.3) is 11.1 Å². The molecule has 1 aromatic carbocycles. The lowest BCUT2D eigenvalue weighted by Crippen LogP contribution is -2.47. The quantitative estimate of drug-likeness (QED) is 0.568. The largest absolute Gasteiger partial charge is 0.395 e. The molecule has 32 heavy (non-hydrogen) atoms. The summed E-state index contributed by atoms with van der Waals surface area (Å²) in [5.74, 6) is -0.402. The number of carbonyl (C=O) groups excluding carboxylic acids is 2. The number of aromatic nitrogens is 3. The SMILES string of the molecule is O=C1NC(=O)/C(=C/c2ccc3ncc(-c4ccc(N5CCN(CCO)CC5)cc4)n3n2)S1. The highest BCUT2D eigenvalue weighted by atomic mass is 32.2. The Morgan fingerprint density at radius 2 is 1.84 bits per heavy atom. The average molecular weight is 451 g/mol. The van der Waals surface area contributed by atoms with Gasteiger partial charge in [-0.1, -0.05) is 12.1 Å². The molecular weight excluding hydrogens is 428 g/mol. The fourth-order valence-electron chi connectivity index (χ4n) is 3.93. The van der Waals surface area contributed by atoms with E-state index < -0.39 is 5.91 Å². The van der Waals surface area contributed by atoms with E-state index in [0.717, 1.165) is 55.7 Å². The summed E-state index contributed by atoms with van der Waals surface area (Å²) in [5, 5.41) is 15.6. The highest BCUT2D eigenvalue weighted by molar-refractivity contribution is 8.18. The molecule has 2 aliphatic rings. The van der Waals surface area contributed by atoms with E-state index >= 15 is 0 Å². The highest BCUT2D eigenvalue weighted by Crippen LogP contribution is 2.27. The minimum absolute atomic E-state index is 0.199. The van der Waals surface area contributed by atoms with Crippen molar-refractivity contribution in [3.63, 3.8) is 0 Å². The zero-order valence-corrected chi connectivity index (χ0v) is 18.1. The normalized spacial score (nSPS) is 18.7. The molecule has 0 saturated carbocycles. The van der Waals surface area contributed by atoms with Gasteiger partial charge in [-0.15, -0.1) is 0 Å². The number of carbonyl (C=O) groups is 2. The van der Waals surface area contributed by atoms with Gasteiger partial charge >= 0.3 is 0 Å². The Labute approximate surface area is 188 Å². The second-order valence-electron chi connectivity index (χ2n) is 7.62. The van der Waals surface area contributed by atoms with Crippen LogP contribution in [-0.2, 0) is 4.79 Å². The first-order valence-electron chi connectivity index (χ1n) is 10.4. The lowest BCUT2D eigenvalue weighted by Gasteiger charge is -2.35. The molecule has 0 radical (unpaired) electrons. The predicted molar refractivity (Wildman–Crippen MR) is 123 cm³/mol. The third-order valence-electron chi connectivity index (χ3n) is 5.62. The van der Waals surface area contributed by atoms with Crippen LogP contribution in [0.15, 0.2) is 47.5 Å². The van der Waals surface area contributed by atoms with Crippen molar-refractivity contribution in [2.75, 3.05) is 44.2 Å². The Balaban J connectivity index is 1.37. The fraction of sp³-hybridized carbons (Fsp3) is 0.273. The third-order valence-corrected chi connectivity index (χ3v) is 6.43. The maximum absolute atomic E-state index is 11.8. The summed E-state index contributed by atoms with van der Waals surface area (Å²) in [5.41, 5.74) is 4.27. The number of piperazine rings is 1. The molecule has 0 atom stereocenters. The number of hydrogen-bond donors (Lipinski definition) is 2. The van der Waals surface area contributed by atoms with Gasteiger partial charge in [0.1, 0.15) is 0 Å². The number of hydrogen-bond acceptors (Lipinski definition) is 8. The summed E-state index contributed by atoms with van der Waals surface area (Å²) in [7, 11) is 0. The lowest BCUT2D eigenvalue weighted by atomic mass is 10.1. The number of thioether (sulfide) groups is 1. The number of aliphatic hydroxyl groups is 1. The van der Waals surface area contributed by atoms with Gasteiger partial charge in [0, 0.05) is 44.0 Å². The van der Waals surface area contributed by atoms with Gasteiger partial charge in [0.15, 0.2) is 5.65 Å². The van der Waals surface area contributed by atoms with Crippen molar-refractivity contribution in [2.45, 2.75) is 0 Å². The monoisotopic (exact) mass is 450 g/mol. The maximum atomic E-state index is 11.8. The molecule has 2 aliphatic heterocycles. The molecule has 164 valence electrons. The molecule has 2 fully saturated rings. The Hall–Kier alpha value is -3.21. The molecule has 4 heterocycles. The first kappa shape index (κ1) is 20.7. The van der Waals surface area contributed by atoms with Crippen LogP contribution in [0.1, 0.15) is 5.69 Å². The lowest BCUT2D eigenvalue weighted by molar-refractivity contribution is -0.115. The first-order chi connectivity index (χ1) is 15.6. The van der Waals surface area contributed by atoms with Crippen molar-refractivity contribution in [3.8, 4) is 11.3 Å². The van der Waals surface area contributed by atoms with Crippen LogP contribution in [-0.4, -0.2) is 75.1 Å². The molecule has 2 N–H and O–H groups in total. The molecule has 2 saturated heterocycles. The van der Waals surface area contributed by atoms with Crippen LogP contribution >= 0.6 is 11.8 Å². The molecule has 0 unspecified atom stereocenters. The van der Waals surface area contributed by atoms with E-state index in [4.69, 9.17) is 5.11 Å². The van der Waals surface area contributed by atoms with Gasteiger partial charge in [-0.05, 0) is 42.1 Å². The van der Waals surface area contributed by atoms with Gasteiger partial charge in [-0.2, -0.15) is 5.10 Å². The van der Waals surface area contributed by atoms with E-state index in [0.29, 0.717) is 16.2 Å². The number of nitrogens with one attached hydrogen (secondary N) is 1. The third kappa shape index (κ3) is 4.12.